The number of thiophene rings is 1. The smallest absolute Gasteiger partial charge is 0.181 e. The summed E-state index contributed by atoms with van der Waals surface area (Å²) in [5, 5.41) is 9.32. The van der Waals surface area contributed by atoms with Gasteiger partial charge in [-0.15, -0.1) is 11.3 Å². The average Bonchev–Trinajstić information content (AvgIpc) is 2.86. The Kier molecular flexibility index (Phi) is 4.36. The van der Waals surface area contributed by atoms with Gasteiger partial charge in [0.25, 0.3) is 0 Å². The van der Waals surface area contributed by atoms with Crippen LogP contribution in [0.15, 0.2) is 26.6 Å². The lowest BCUT2D eigenvalue weighted by Gasteiger charge is -2.06. The first-order chi connectivity index (χ1) is 8.16. The lowest BCUT2D eigenvalue weighted by atomic mass is 10.2. The van der Waals surface area contributed by atoms with E-state index in [1.807, 2.05) is 5.38 Å². The van der Waals surface area contributed by atoms with Crippen molar-refractivity contribution < 1.29 is 4.52 Å². The maximum Gasteiger partial charge on any atom is 0.181 e. The topological polar surface area (TPSA) is 38.1 Å². The minimum absolute atomic E-state index is 0.647. The number of rotatable bonds is 5. The van der Waals surface area contributed by atoms with Gasteiger partial charge in [-0.25, -0.2) is 0 Å². The van der Waals surface area contributed by atoms with E-state index in [0.717, 1.165) is 33.8 Å². The van der Waals surface area contributed by atoms with Crippen LogP contribution < -0.4 is 5.32 Å². The first kappa shape index (κ1) is 12.8. The van der Waals surface area contributed by atoms with Crippen LogP contribution in [-0.4, -0.2) is 11.7 Å². The summed E-state index contributed by atoms with van der Waals surface area (Å²) in [6.45, 7) is 6.18. The van der Waals surface area contributed by atoms with Crippen molar-refractivity contribution >= 4 is 27.3 Å². The minimum atomic E-state index is 0.647. The Labute approximate surface area is 113 Å². The Morgan fingerprint density at radius 1 is 1.53 bits per heavy atom. The summed E-state index contributed by atoms with van der Waals surface area (Å²) in [5.74, 6) is 1.52. The van der Waals surface area contributed by atoms with Gasteiger partial charge in [0.15, 0.2) is 5.76 Å². The van der Waals surface area contributed by atoms with E-state index < -0.39 is 0 Å². The molecule has 0 spiro atoms. The Balaban J connectivity index is 2.07. The van der Waals surface area contributed by atoms with E-state index in [9.17, 15) is 0 Å². The van der Waals surface area contributed by atoms with Crippen molar-refractivity contribution in [1.29, 1.82) is 0 Å². The molecule has 0 aromatic carbocycles. The van der Waals surface area contributed by atoms with E-state index in [1.165, 1.54) is 0 Å². The van der Waals surface area contributed by atoms with Crippen molar-refractivity contribution in [2.24, 2.45) is 5.92 Å². The number of aromatic nitrogens is 1. The Morgan fingerprint density at radius 2 is 2.35 bits per heavy atom. The molecule has 2 rings (SSSR count). The second-order valence-corrected chi connectivity index (χ2v) is 6.16. The lowest BCUT2D eigenvalue weighted by molar-refractivity contribution is 0.432. The maximum atomic E-state index is 5.32. The zero-order valence-corrected chi connectivity index (χ0v) is 12.3. The summed E-state index contributed by atoms with van der Waals surface area (Å²) in [6, 6.07) is 2.05. The van der Waals surface area contributed by atoms with Gasteiger partial charge in [0.2, 0.25) is 0 Å². The van der Waals surface area contributed by atoms with Gasteiger partial charge < -0.3 is 9.84 Å². The van der Waals surface area contributed by atoms with E-state index in [2.05, 4.69) is 46.3 Å². The molecule has 1 N–H and O–H groups in total. The van der Waals surface area contributed by atoms with Crippen molar-refractivity contribution in [3.05, 3.63) is 27.7 Å². The molecular weight excluding hydrogens is 300 g/mol. The molecule has 0 bridgehead atoms. The zero-order valence-electron chi connectivity index (χ0n) is 9.87. The van der Waals surface area contributed by atoms with Crippen molar-refractivity contribution in [3.8, 4) is 10.6 Å². The average molecular weight is 315 g/mol. The van der Waals surface area contributed by atoms with Crippen molar-refractivity contribution in [3.63, 3.8) is 0 Å². The van der Waals surface area contributed by atoms with Gasteiger partial charge in [-0.1, -0.05) is 19.0 Å². The number of halogens is 1. The van der Waals surface area contributed by atoms with Crippen LogP contribution in [0, 0.1) is 5.92 Å². The highest BCUT2D eigenvalue weighted by Gasteiger charge is 2.12. The molecule has 0 radical (unpaired) electrons. The molecule has 2 heterocycles. The molecule has 92 valence electrons. The Hall–Kier alpha value is -0.650. The van der Waals surface area contributed by atoms with Gasteiger partial charge in [0.05, 0.1) is 11.1 Å². The fourth-order valence-corrected chi connectivity index (χ4v) is 2.96. The molecule has 0 amide bonds. The molecule has 3 nitrogen and oxygen atoms in total. The standard InChI is InChI=1S/C12H15BrN2OS/c1-8(2)4-14-5-9-6-15-16-12(9)11-3-10(13)7-17-11/h3,6-8,14H,4-5H2,1-2H3. The van der Waals surface area contributed by atoms with Crippen molar-refractivity contribution in [2.45, 2.75) is 20.4 Å². The first-order valence-corrected chi connectivity index (χ1v) is 7.22. The molecule has 2 aromatic rings. The third-order valence-electron chi connectivity index (χ3n) is 2.30. The zero-order chi connectivity index (χ0) is 12.3. The van der Waals surface area contributed by atoms with Crippen molar-refractivity contribution in [2.75, 3.05) is 6.54 Å². The summed E-state index contributed by atoms with van der Waals surface area (Å²) < 4.78 is 6.40. The first-order valence-electron chi connectivity index (χ1n) is 5.55. The summed E-state index contributed by atoms with van der Waals surface area (Å²) in [7, 11) is 0. The molecule has 5 heteroatoms. The van der Waals surface area contributed by atoms with E-state index in [0.29, 0.717) is 5.92 Å². The molecule has 0 atom stereocenters. The van der Waals surface area contributed by atoms with Crippen LogP contribution in [0.2, 0.25) is 0 Å². The van der Waals surface area contributed by atoms with E-state index in [4.69, 9.17) is 4.52 Å². The second kappa shape index (κ2) is 5.80. The van der Waals surface area contributed by atoms with E-state index >= 15 is 0 Å². The van der Waals surface area contributed by atoms with Crippen LogP contribution >= 0.6 is 27.3 Å². The van der Waals surface area contributed by atoms with Crippen molar-refractivity contribution in [1.82, 2.24) is 10.5 Å². The van der Waals surface area contributed by atoms with Crippen LogP contribution in [0.1, 0.15) is 19.4 Å². The summed E-state index contributed by atoms with van der Waals surface area (Å²) in [6.07, 6.45) is 1.79. The number of hydrogen-bond acceptors (Lipinski definition) is 4. The Bertz CT molecular complexity index is 478. The molecule has 0 fully saturated rings. The molecule has 0 aliphatic carbocycles. The highest BCUT2D eigenvalue weighted by Crippen LogP contribution is 2.31. The monoisotopic (exact) mass is 314 g/mol. The Morgan fingerprint density at radius 3 is 3.00 bits per heavy atom. The van der Waals surface area contributed by atoms with Crippen LogP contribution in [-0.2, 0) is 6.54 Å². The summed E-state index contributed by atoms with van der Waals surface area (Å²) in [5.41, 5.74) is 1.11. The second-order valence-electron chi connectivity index (χ2n) is 4.33. The van der Waals surface area contributed by atoms with E-state index in [-0.39, 0.29) is 0 Å². The van der Waals surface area contributed by atoms with Gasteiger partial charge in [0, 0.05) is 22.0 Å². The quantitative estimate of drug-likeness (QED) is 0.909. The van der Waals surface area contributed by atoms with Crippen LogP contribution in [0.25, 0.3) is 10.6 Å². The maximum absolute atomic E-state index is 5.32. The minimum Gasteiger partial charge on any atom is -0.355 e. The molecule has 17 heavy (non-hydrogen) atoms. The summed E-state index contributed by atoms with van der Waals surface area (Å²) in [4.78, 5) is 1.11. The fourth-order valence-electron chi connectivity index (χ4n) is 1.52. The van der Waals surface area contributed by atoms with Crippen LogP contribution in [0.4, 0.5) is 0 Å². The van der Waals surface area contributed by atoms with Gasteiger partial charge in [0.1, 0.15) is 0 Å². The van der Waals surface area contributed by atoms with Crippen LogP contribution in [0.5, 0.6) is 0 Å². The molecular formula is C12H15BrN2OS. The van der Waals surface area contributed by atoms with Gasteiger partial charge in [-0.05, 0) is 34.5 Å². The predicted octanol–water partition coefficient (Wildman–Crippen LogP) is 3.91. The predicted molar refractivity (Wildman–Crippen MR) is 74.1 cm³/mol. The highest BCUT2D eigenvalue weighted by atomic mass is 79.9. The molecule has 0 aliphatic rings. The fraction of sp³-hybridized carbons (Fsp3) is 0.417. The molecule has 2 aromatic heterocycles. The molecule has 0 unspecified atom stereocenters. The number of nitrogens with zero attached hydrogens (tertiary/aromatic N) is 1. The number of hydrogen-bond donors (Lipinski definition) is 1. The number of nitrogens with one attached hydrogen (secondary N) is 1. The normalized spacial score (nSPS) is 11.3. The van der Waals surface area contributed by atoms with Gasteiger partial charge >= 0.3 is 0 Å². The molecule has 0 saturated carbocycles. The molecule has 0 aliphatic heterocycles. The SMILES string of the molecule is CC(C)CNCc1cnoc1-c1cc(Br)cs1. The third-order valence-corrected chi connectivity index (χ3v) is 3.99. The largest absolute Gasteiger partial charge is 0.355 e. The molecule has 0 saturated heterocycles. The third kappa shape index (κ3) is 3.40. The highest BCUT2D eigenvalue weighted by molar-refractivity contribution is 9.10. The van der Waals surface area contributed by atoms with Gasteiger partial charge in [-0.3, -0.25) is 0 Å². The van der Waals surface area contributed by atoms with E-state index in [1.54, 1.807) is 17.5 Å². The van der Waals surface area contributed by atoms with Crippen LogP contribution in [0.3, 0.4) is 0 Å². The van der Waals surface area contributed by atoms with Gasteiger partial charge in [-0.2, -0.15) is 0 Å². The lowest BCUT2D eigenvalue weighted by Crippen LogP contribution is -2.18. The summed E-state index contributed by atoms with van der Waals surface area (Å²) >= 11 is 5.10.